The fourth-order valence-electron chi connectivity index (χ4n) is 5.05. The Morgan fingerprint density at radius 2 is 0.656 bits per heavy atom. The van der Waals surface area contributed by atoms with Crippen LogP contribution in [0, 0.1) is 0 Å². The van der Waals surface area contributed by atoms with Gasteiger partial charge in [0.15, 0.2) is 0 Å². The number of rotatable bonds is 24. The van der Waals surface area contributed by atoms with Crippen LogP contribution in [-0.4, -0.2) is 29.1 Å². The van der Waals surface area contributed by atoms with E-state index in [1.165, 1.54) is 154 Å². The van der Waals surface area contributed by atoms with E-state index in [2.05, 4.69) is 43.0 Å². The predicted octanol–water partition coefficient (Wildman–Crippen LogP) is 10.0. The van der Waals surface area contributed by atoms with Crippen molar-refractivity contribution in [2.45, 2.75) is 168 Å². The second-order valence-corrected chi connectivity index (χ2v) is 10.5. The van der Waals surface area contributed by atoms with E-state index in [9.17, 15) is 0 Å². The van der Waals surface area contributed by atoms with Gasteiger partial charge in [0.2, 0.25) is 0 Å². The largest absolute Gasteiger partial charge is 0.356 e. The smallest absolute Gasteiger partial charge is 0.0977 e. The lowest BCUT2D eigenvalue weighted by Gasteiger charge is -2.30. The molecule has 190 valence electrons. The maximum atomic E-state index is 2.56. The van der Waals surface area contributed by atoms with Crippen LogP contribution >= 0.6 is 0 Å². The molecule has 0 aromatic carbocycles. The van der Waals surface area contributed by atoms with Crippen molar-refractivity contribution in [3.63, 3.8) is 0 Å². The number of hydrogen-bond donors (Lipinski definition) is 0. The predicted molar refractivity (Wildman–Crippen MR) is 145 cm³/mol. The molecule has 1 heterocycles. The molecule has 0 unspecified atom stereocenters. The van der Waals surface area contributed by atoms with Crippen LogP contribution in [0.15, 0.2) is 12.4 Å². The molecule has 0 amide bonds. The Morgan fingerprint density at radius 3 is 0.938 bits per heavy atom. The van der Waals surface area contributed by atoms with Crippen LogP contribution in [0.2, 0.25) is 0 Å². The maximum absolute atomic E-state index is 2.56. The van der Waals surface area contributed by atoms with Gasteiger partial charge in [-0.3, -0.25) is 0 Å². The van der Waals surface area contributed by atoms with Crippen molar-refractivity contribution in [1.82, 2.24) is 9.80 Å². The zero-order valence-corrected chi connectivity index (χ0v) is 22.6. The van der Waals surface area contributed by atoms with Crippen molar-refractivity contribution >= 4 is 0 Å². The van der Waals surface area contributed by atoms with Crippen LogP contribution in [0.3, 0.4) is 0 Å². The van der Waals surface area contributed by atoms with E-state index >= 15 is 0 Å². The summed E-state index contributed by atoms with van der Waals surface area (Å²) in [7, 11) is 0. The fourth-order valence-corrected chi connectivity index (χ4v) is 5.05. The molecular formula is C30H60N2. The molecule has 0 N–H and O–H groups in total. The Balaban J connectivity index is 1.87. The highest BCUT2D eigenvalue weighted by Crippen LogP contribution is 2.19. The first-order chi connectivity index (χ1) is 15.8. The summed E-state index contributed by atoms with van der Waals surface area (Å²) in [4.78, 5) is 5.12. The molecule has 1 aliphatic heterocycles. The first kappa shape index (κ1) is 29.4. The minimum Gasteiger partial charge on any atom is -0.356 e. The molecule has 2 heteroatoms. The number of hydrogen-bond acceptors (Lipinski definition) is 2. The maximum Gasteiger partial charge on any atom is 0.0977 e. The number of unbranched alkanes of at least 4 members (excludes halogenated alkanes) is 20. The zero-order valence-electron chi connectivity index (χ0n) is 22.6. The van der Waals surface area contributed by atoms with Gasteiger partial charge >= 0.3 is 0 Å². The third-order valence-corrected chi connectivity index (χ3v) is 7.45. The van der Waals surface area contributed by atoms with Crippen molar-refractivity contribution in [3.05, 3.63) is 12.4 Å². The van der Waals surface area contributed by atoms with Crippen LogP contribution in [0.1, 0.15) is 162 Å². The molecule has 0 aromatic heterocycles. The summed E-state index contributed by atoms with van der Waals surface area (Å²) >= 11 is 0. The molecule has 1 aliphatic rings. The van der Waals surface area contributed by atoms with E-state index in [1.807, 2.05) is 0 Å². The second kappa shape index (κ2) is 22.1. The first-order valence-corrected chi connectivity index (χ1v) is 15.0. The summed E-state index contributed by atoms with van der Waals surface area (Å²) in [6, 6.07) is 0. The standard InChI is InChI=1S/C30H60N2/c1-4-6-8-10-12-14-16-18-20-22-24-26-31-28-29-32(30(31)3)27-25-23-21-19-17-15-13-11-9-7-5-2/h28-30H,4-27H2,1-3H3. The lowest BCUT2D eigenvalue weighted by Crippen LogP contribution is -2.36. The molecule has 0 atom stereocenters. The molecule has 0 saturated heterocycles. The molecule has 0 aromatic rings. The van der Waals surface area contributed by atoms with Crippen LogP contribution in [0.25, 0.3) is 0 Å². The van der Waals surface area contributed by atoms with Crippen molar-refractivity contribution in [2.24, 2.45) is 0 Å². The third kappa shape index (κ3) is 16.0. The highest BCUT2D eigenvalue weighted by atomic mass is 15.4. The van der Waals surface area contributed by atoms with Gasteiger partial charge in [0, 0.05) is 25.5 Å². The van der Waals surface area contributed by atoms with E-state index in [1.54, 1.807) is 0 Å². The molecule has 32 heavy (non-hydrogen) atoms. The monoisotopic (exact) mass is 448 g/mol. The van der Waals surface area contributed by atoms with Gasteiger partial charge in [-0.15, -0.1) is 0 Å². The van der Waals surface area contributed by atoms with Gasteiger partial charge in [-0.2, -0.15) is 0 Å². The van der Waals surface area contributed by atoms with Gasteiger partial charge in [-0.1, -0.05) is 142 Å². The summed E-state index contributed by atoms with van der Waals surface area (Å²) in [5, 5.41) is 0. The molecular weight excluding hydrogens is 388 g/mol. The van der Waals surface area contributed by atoms with Crippen LogP contribution in [-0.2, 0) is 0 Å². The van der Waals surface area contributed by atoms with Gasteiger partial charge < -0.3 is 9.80 Å². The summed E-state index contributed by atoms with van der Waals surface area (Å²) < 4.78 is 0. The van der Waals surface area contributed by atoms with Crippen LogP contribution < -0.4 is 0 Å². The van der Waals surface area contributed by atoms with Gasteiger partial charge in [0.1, 0.15) is 0 Å². The van der Waals surface area contributed by atoms with E-state index < -0.39 is 0 Å². The van der Waals surface area contributed by atoms with Crippen molar-refractivity contribution in [2.75, 3.05) is 13.1 Å². The highest BCUT2D eigenvalue weighted by molar-refractivity contribution is 4.95. The fraction of sp³-hybridized carbons (Fsp3) is 0.933. The van der Waals surface area contributed by atoms with E-state index in [4.69, 9.17) is 0 Å². The molecule has 0 saturated carbocycles. The lowest BCUT2D eigenvalue weighted by atomic mass is 10.1. The molecule has 0 bridgehead atoms. The molecule has 0 aliphatic carbocycles. The molecule has 0 spiro atoms. The minimum absolute atomic E-state index is 0.571. The van der Waals surface area contributed by atoms with Gasteiger partial charge in [-0.25, -0.2) is 0 Å². The van der Waals surface area contributed by atoms with Crippen molar-refractivity contribution in [1.29, 1.82) is 0 Å². The Kier molecular flexibility index (Phi) is 20.3. The third-order valence-electron chi connectivity index (χ3n) is 7.45. The minimum atomic E-state index is 0.571. The van der Waals surface area contributed by atoms with Crippen molar-refractivity contribution < 1.29 is 0 Å². The van der Waals surface area contributed by atoms with Crippen molar-refractivity contribution in [3.8, 4) is 0 Å². The topological polar surface area (TPSA) is 6.48 Å². The summed E-state index contributed by atoms with van der Waals surface area (Å²) in [5.41, 5.74) is 0. The van der Waals surface area contributed by atoms with Gasteiger partial charge in [0.05, 0.1) is 6.17 Å². The van der Waals surface area contributed by atoms with Crippen LogP contribution in [0.4, 0.5) is 0 Å². The summed E-state index contributed by atoms with van der Waals surface area (Å²) in [5.74, 6) is 0. The quantitative estimate of drug-likeness (QED) is 0.135. The van der Waals surface area contributed by atoms with E-state index in [-0.39, 0.29) is 0 Å². The molecule has 0 fully saturated rings. The van der Waals surface area contributed by atoms with E-state index in [0.29, 0.717) is 6.17 Å². The lowest BCUT2D eigenvalue weighted by molar-refractivity contribution is 0.165. The van der Waals surface area contributed by atoms with Gasteiger partial charge in [-0.05, 0) is 19.8 Å². The molecule has 0 radical (unpaired) electrons. The van der Waals surface area contributed by atoms with Gasteiger partial charge in [0.25, 0.3) is 0 Å². The Bertz CT molecular complexity index is 370. The summed E-state index contributed by atoms with van der Waals surface area (Å²) in [6.07, 6.45) is 36.7. The Labute approximate surface area is 203 Å². The Morgan fingerprint density at radius 1 is 0.406 bits per heavy atom. The highest BCUT2D eigenvalue weighted by Gasteiger charge is 2.20. The average molecular weight is 449 g/mol. The zero-order chi connectivity index (χ0) is 23.1. The second-order valence-electron chi connectivity index (χ2n) is 10.5. The number of nitrogens with zero attached hydrogens (tertiary/aromatic N) is 2. The molecule has 2 nitrogen and oxygen atoms in total. The molecule has 1 rings (SSSR count). The van der Waals surface area contributed by atoms with Crippen LogP contribution in [0.5, 0.6) is 0 Å². The normalized spacial score (nSPS) is 14.2. The summed E-state index contributed by atoms with van der Waals surface area (Å²) in [6.45, 7) is 9.47. The average Bonchev–Trinajstić information content (AvgIpc) is 3.15. The van der Waals surface area contributed by atoms with E-state index in [0.717, 1.165) is 0 Å². The SMILES string of the molecule is CCCCCCCCCCCCCN1C=CN(CCCCCCCCCCCCC)C1C. The first-order valence-electron chi connectivity index (χ1n) is 15.0. The Hall–Kier alpha value is -0.660.